The second-order valence-electron chi connectivity index (χ2n) is 2.62. The third-order valence-electron chi connectivity index (χ3n) is 1.45. The molecule has 0 aromatic heterocycles. The first-order valence-corrected chi connectivity index (χ1v) is 4.48. The van der Waals surface area contributed by atoms with Crippen molar-refractivity contribution in [3.63, 3.8) is 0 Å². The summed E-state index contributed by atoms with van der Waals surface area (Å²) < 4.78 is 54.3. The van der Waals surface area contributed by atoms with E-state index < -0.39 is 29.5 Å². The van der Waals surface area contributed by atoms with Crippen LogP contribution in [0.25, 0.3) is 0 Å². The van der Waals surface area contributed by atoms with Crippen molar-refractivity contribution in [2.45, 2.75) is 6.11 Å². The highest BCUT2D eigenvalue weighted by Crippen LogP contribution is 2.29. The van der Waals surface area contributed by atoms with Crippen LogP contribution in [0.2, 0.25) is 0 Å². The van der Waals surface area contributed by atoms with Gasteiger partial charge in [0.1, 0.15) is 0 Å². The van der Waals surface area contributed by atoms with Gasteiger partial charge in [-0.1, -0.05) is 15.9 Å². The normalized spacial score (nSPS) is 11.3. The van der Waals surface area contributed by atoms with Gasteiger partial charge in [0.25, 0.3) is 0 Å². The number of halogens is 5. The van der Waals surface area contributed by atoms with E-state index in [0.717, 1.165) is 0 Å². The first-order valence-electron chi connectivity index (χ1n) is 3.69. The predicted molar refractivity (Wildman–Crippen MR) is 47.3 cm³/mol. The Morgan fingerprint density at radius 2 is 1.94 bits per heavy atom. The number of hydrogen-bond donors (Lipinski definition) is 1. The average Bonchev–Trinajstić information content (AvgIpc) is 2.12. The smallest absolute Gasteiger partial charge is 0.474 e. The lowest BCUT2D eigenvalue weighted by atomic mass is 10.3. The summed E-state index contributed by atoms with van der Waals surface area (Å²) >= 11 is 2.71. The van der Waals surface area contributed by atoms with Gasteiger partial charge in [-0.25, -0.2) is 9.18 Å². The molecule has 0 saturated carbocycles. The molecule has 0 aliphatic carbocycles. The average molecular weight is 303 g/mol. The van der Waals surface area contributed by atoms with E-state index in [9.17, 15) is 22.4 Å². The Bertz CT molecular complexity index is 436. The third kappa shape index (κ3) is 2.63. The molecular formula is C8H3BrF4O3. The first-order chi connectivity index (χ1) is 7.24. The number of alkyl halides is 2. The van der Waals surface area contributed by atoms with Crippen LogP contribution in [0.1, 0.15) is 0 Å². The highest BCUT2D eigenvalue weighted by atomic mass is 79.9. The quantitative estimate of drug-likeness (QED) is 0.690. The van der Waals surface area contributed by atoms with Crippen molar-refractivity contribution in [1.29, 1.82) is 0 Å². The molecule has 0 fully saturated rings. The lowest BCUT2D eigenvalue weighted by molar-refractivity contribution is -0.211. The lowest BCUT2D eigenvalue weighted by Crippen LogP contribution is -2.35. The number of carboxylic acids is 1. The van der Waals surface area contributed by atoms with Crippen LogP contribution in [-0.4, -0.2) is 17.2 Å². The summed E-state index contributed by atoms with van der Waals surface area (Å²) in [5.41, 5.74) is 0. The van der Waals surface area contributed by atoms with Gasteiger partial charge in [-0.15, -0.1) is 0 Å². The molecule has 0 spiro atoms. The molecule has 0 saturated heterocycles. The van der Waals surface area contributed by atoms with Crippen LogP contribution in [0.3, 0.4) is 0 Å². The number of carbonyl (C=O) groups is 1. The Morgan fingerprint density at radius 3 is 2.44 bits per heavy atom. The van der Waals surface area contributed by atoms with E-state index in [-0.39, 0.29) is 4.47 Å². The molecule has 0 amide bonds. The molecule has 3 nitrogen and oxygen atoms in total. The number of hydrogen-bond acceptors (Lipinski definition) is 2. The van der Waals surface area contributed by atoms with E-state index in [1.54, 1.807) is 0 Å². The summed E-state index contributed by atoms with van der Waals surface area (Å²) in [7, 11) is 0. The molecular weight excluding hydrogens is 300 g/mol. The standard InChI is InChI=1S/C8H3BrF4O3/c9-3-1-4(10)6(11)5(2-3)16-8(12,13)7(14)15/h1-2H,(H,14,15). The van der Waals surface area contributed by atoms with Crippen LogP contribution in [0.4, 0.5) is 17.6 Å². The van der Waals surface area contributed by atoms with Crippen molar-refractivity contribution in [3.05, 3.63) is 28.2 Å². The second kappa shape index (κ2) is 4.28. The highest BCUT2D eigenvalue weighted by Gasteiger charge is 2.43. The minimum atomic E-state index is -4.63. The van der Waals surface area contributed by atoms with Gasteiger partial charge >= 0.3 is 12.1 Å². The van der Waals surface area contributed by atoms with E-state index in [1.165, 1.54) is 0 Å². The van der Waals surface area contributed by atoms with Crippen LogP contribution in [0.15, 0.2) is 16.6 Å². The van der Waals surface area contributed by atoms with Crippen LogP contribution in [-0.2, 0) is 4.79 Å². The Labute approximate surface area is 94.8 Å². The zero-order chi connectivity index (χ0) is 12.5. The number of aliphatic carboxylic acids is 1. The fraction of sp³-hybridized carbons (Fsp3) is 0.125. The Morgan fingerprint density at radius 1 is 1.38 bits per heavy atom. The van der Waals surface area contributed by atoms with Gasteiger partial charge in [0.2, 0.25) is 5.82 Å². The minimum absolute atomic E-state index is 0.0670. The zero-order valence-electron chi connectivity index (χ0n) is 7.31. The lowest BCUT2D eigenvalue weighted by Gasteiger charge is -2.14. The van der Waals surface area contributed by atoms with Gasteiger partial charge in [0.05, 0.1) is 0 Å². The van der Waals surface area contributed by atoms with Gasteiger partial charge in [-0.3, -0.25) is 0 Å². The molecule has 16 heavy (non-hydrogen) atoms. The Balaban J connectivity index is 3.11. The molecule has 1 aromatic rings. The van der Waals surface area contributed by atoms with E-state index in [1.807, 2.05) is 0 Å². The van der Waals surface area contributed by atoms with Crippen LogP contribution >= 0.6 is 15.9 Å². The molecule has 0 bridgehead atoms. The summed E-state index contributed by atoms with van der Waals surface area (Å²) in [5, 5.41) is 8.03. The third-order valence-corrected chi connectivity index (χ3v) is 1.90. The Hall–Kier alpha value is -1.31. The topological polar surface area (TPSA) is 46.5 Å². The first kappa shape index (κ1) is 12.8. The molecule has 8 heteroatoms. The molecule has 0 aliphatic rings. The molecule has 0 unspecified atom stereocenters. The van der Waals surface area contributed by atoms with E-state index in [2.05, 4.69) is 20.7 Å². The van der Waals surface area contributed by atoms with Gasteiger partial charge in [-0.2, -0.15) is 13.2 Å². The number of benzene rings is 1. The maximum atomic E-state index is 12.9. The number of rotatable bonds is 3. The van der Waals surface area contributed by atoms with E-state index in [4.69, 9.17) is 5.11 Å². The van der Waals surface area contributed by atoms with Gasteiger partial charge in [0, 0.05) is 4.47 Å². The van der Waals surface area contributed by atoms with Gasteiger partial charge in [-0.05, 0) is 12.1 Å². The molecule has 1 N–H and O–H groups in total. The van der Waals surface area contributed by atoms with Crippen LogP contribution in [0, 0.1) is 11.6 Å². The molecule has 1 aromatic carbocycles. The maximum Gasteiger partial charge on any atom is 0.502 e. The number of carboxylic acid groups (broad SMARTS) is 1. The van der Waals surface area contributed by atoms with E-state index in [0.29, 0.717) is 12.1 Å². The van der Waals surface area contributed by atoms with Crippen molar-refractivity contribution < 1.29 is 32.2 Å². The summed E-state index contributed by atoms with van der Waals surface area (Å²) in [6.07, 6.45) is -4.63. The van der Waals surface area contributed by atoms with Crippen LogP contribution < -0.4 is 4.74 Å². The number of ether oxygens (including phenoxy) is 1. The molecule has 0 atom stereocenters. The molecule has 88 valence electrons. The minimum Gasteiger partial charge on any atom is -0.474 e. The fourth-order valence-electron chi connectivity index (χ4n) is 0.788. The molecule has 0 aliphatic heterocycles. The van der Waals surface area contributed by atoms with Crippen molar-refractivity contribution in [3.8, 4) is 5.75 Å². The summed E-state index contributed by atoms with van der Waals surface area (Å²) in [6, 6.07) is 1.37. The summed E-state index contributed by atoms with van der Waals surface area (Å²) in [6.45, 7) is 0. The molecule has 1 rings (SSSR count). The van der Waals surface area contributed by atoms with Crippen molar-refractivity contribution in [2.75, 3.05) is 0 Å². The molecule has 0 radical (unpaired) electrons. The maximum absolute atomic E-state index is 12.9. The monoisotopic (exact) mass is 302 g/mol. The second-order valence-corrected chi connectivity index (χ2v) is 3.54. The molecule has 0 heterocycles. The predicted octanol–water partition coefficient (Wildman–Crippen LogP) is 2.78. The summed E-state index contributed by atoms with van der Waals surface area (Å²) in [5.74, 6) is -6.93. The summed E-state index contributed by atoms with van der Waals surface area (Å²) in [4.78, 5) is 10.0. The Kier molecular flexibility index (Phi) is 3.41. The van der Waals surface area contributed by atoms with Gasteiger partial charge in [0.15, 0.2) is 11.6 Å². The van der Waals surface area contributed by atoms with Crippen LogP contribution in [0.5, 0.6) is 5.75 Å². The van der Waals surface area contributed by atoms with Crippen molar-refractivity contribution in [2.24, 2.45) is 0 Å². The van der Waals surface area contributed by atoms with Gasteiger partial charge < -0.3 is 9.84 Å². The highest BCUT2D eigenvalue weighted by molar-refractivity contribution is 9.10. The largest absolute Gasteiger partial charge is 0.502 e. The van der Waals surface area contributed by atoms with E-state index >= 15 is 0 Å². The van der Waals surface area contributed by atoms with Crippen molar-refractivity contribution >= 4 is 21.9 Å². The zero-order valence-corrected chi connectivity index (χ0v) is 8.89. The fourth-order valence-corrected chi connectivity index (χ4v) is 1.20. The SMILES string of the molecule is O=C(O)C(F)(F)Oc1cc(Br)cc(F)c1F. The van der Waals surface area contributed by atoms with Crippen molar-refractivity contribution in [1.82, 2.24) is 0 Å².